The standard InChI is InChI=1S/C14H12FNOS/c1-9-8-12(6-7-13(9)15)17-11-4-2-10(3-5-11)14(16)18/h2-8H,1H3,(H2,16,18). The molecule has 2 nitrogen and oxygen atoms in total. The number of nitrogens with two attached hydrogens (primary N) is 1. The fraction of sp³-hybridized carbons (Fsp3) is 0.0714. The maximum Gasteiger partial charge on any atom is 0.127 e. The van der Waals surface area contributed by atoms with Gasteiger partial charge < -0.3 is 10.5 Å². The van der Waals surface area contributed by atoms with Gasteiger partial charge in [0.1, 0.15) is 22.3 Å². The third kappa shape index (κ3) is 2.84. The van der Waals surface area contributed by atoms with Gasteiger partial charge in [-0.05, 0) is 55.0 Å². The highest BCUT2D eigenvalue weighted by molar-refractivity contribution is 7.80. The fourth-order valence-electron chi connectivity index (χ4n) is 1.50. The lowest BCUT2D eigenvalue weighted by atomic mass is 10.2. The SMILES string of the molecule is Cc1cc(Oc2ccc(C(N)=S)cc2)ccc1F. The molecule has 0 fully saturated rings. The highest BCUT2D eigenvalue weighted by Crippen LogP contribution is 2.23. The first kappa shape index (κ1) is 12.5. The van der Waals surface area contributed by atoms with Crippen LogP contribution in [0.5, 0.6) is 11.5 Å². The van der Waals surface area contributed by atoms with E-state index in [2.05, 4.69) is 0 Å². The Morgan fingerprint density at radius 3 is 2.28 bits per heavy atom. The van der Waals surface area contributed by atoms with Crippen molar-refractivity contribution >= 4 is 17.2 Å². The van der Waals surface area contributed by atoms with E-state index in [0.29, 0.717) is 22.1 Å². The molecule has 0 heterocycles. The van der Waals surface area contributed by atoms with Crippen molar-refractivity contribution in [2.75, 3.05) is 0 Å². The Morgan fingerprint density at radius 1 is 1.11 bits per heavy atom. The van der Waals surface area contributed by atoms with Gasteiger partial charge in [0.2, 0.25) is 0 Å². The van der Waals surface area contributed by atoms with E-state index in [1.165, 1.54) is 6.07 Å². The first-order valence-electron chi connectivity index (χ1n) is 5.40. The third-order valence-corrected chi connectivity index (χ3v) is 2.74. The summed E-state index contributed by atoms with van der Waals surface area (Å²) in [5.74, 6) is 1.00. The Balaban J connectivity index is 2.18. The molecular weight excluding hydrogens is 249 g/mol. The number of benzene rings is 2. The minimum Gasteiger partial charge on any atom is -0.457 e. The molecule has 0 saturated carbocycles. The highest BCUT2D eigenvalue weighted by atomic mass is 32.1. The van der Waals surface area contributed by atoms with Crippen LogP contribution in [0.2, 0.25) is 0 Å². The highest BCUT2D eigenvalue weighted by Gasteiger charge is 2.02. The van der Waals surface area contributed by atoms with Crippen molar-refractivity contribution in [1.29, 1.82) is 0 Å². The van der Waals surface area contributed by atoms with Crippen molar-refractivity contribution in [1.82, 2.24) is 0 Å². The van der Waals surface area contributed by atoms with Gasteiger partial charge in [-0.2, -0.15) is 0 Å². The molecule has 0 bridgehead atoms. The molecule has 0 aliphatic rings. The van der Waals surface area contributed by atoms with Crippen molar-refractivity contribution in [2.45, 2.75) is 6.92 Å². The first-order chi connectivity index (χ1) is 8.56. The number of aryl methyl sites for hydroxylation is 1. The molecule has 0 spiro atoms. The van der Waals surface area contributed by atoms with E-state index >= 15 is 0 Å². The molecule has 0 saturated heterocycles. The van der Waals surface area contributed by atoms with Crippen LogP contribution in [0.25, 0.3) is 0 Å². The van der Waals surface area contributed by atoms with Crippen LogP contribution in [0.3, 0.4) is 0 Å². The quantitative estimate of drug-likeness (QED) is 0.858. The molecule has 0 atom stereocenters. The average molecular weight is 261 g/mol. The van der Waals surface area contributed by atoms with Crippen LogP contribution in [0, 0.1) is 12.7 Å². The van der Waals surface area contributed by atoms with Crippen LogP contribution in [0.1, 0.15) is 11.1 Å². The number of rotatable bonds is 3. The lowest BCUT2D eigenvalue weighted by Gasteiger charge is -2.07. The molecule has 2 aromatic rings. The normalized spacial score (nSPS) is 10.1. The zero-order valence-electron chi connectivity index (χ0n) is 9.81. The summed E-state index contributed by atoms with van der Waals surface area (Å²) in [4.78, 5) is 0.346. The van der Waals surface area contributed by atoms with Gasteiger partial charge in [0.05, 0.1) is 0 Å². The molecule has 0 radical (unpaired) electrons. The van der Waals surface area contributed by atoms with E-state index in [9.17, 15) is 4.39 Å². The Labute approximate surface area is 110 Å². The number of thiocarbonyl (C=S) groups is 1. The van der Waals surface area contributed by atoms with Crippen molar-refractivity contribution in [2.24, 2.45) is 5.73 Å². The zero-order chi connectivity index (χ0) is 13.1. The monoisotopic (exact) mass is 261 g/mol. The molecule has 0 unspecified atom stereocenters. The van der Waals surface area contributed by atoms with E-state index < -0.39 is 0 Å². The Hall–Kier alpha value is -1.94. The van der Waals surface area contributed by atoms with Gasteiger partial charge in [-0.15, -0.1) is 0 Å². The number of ether oxygens (including phenoxy) is 1. The van der Waals surface area contributed by atoms with Crippen molar-refractivity contribution in [3.63, 3.8) is 0 Å². The van der Waals surface area contributed by atoms with E-state index in [4.69, 9.17) is 22.7 Å². The van der Waals surface area contributed by atoms with Gasteiger partial charge >= 0.3 is 0 Å². The van der Waals surface area contributed by atoms with Gasteiger partial charge in [0.15, 0.2) is 0 Å². The summed E-state index contributed by atoms with van der Waals surface area (Å²) >= 11 is 4.86. The molecular formula is C14H12FNOS. The summed E-state index contributed by atoms with van der Waals surface area (Å²) in [5.41, 5.74) is 6.84. The smallest absolute Gasteiger partial charge is 0.127 e. The maximum atomic E-state index is 13.1. The predicted octanol–water partition coefficient (Wildman–Crippen LogP) is 3.56. The van der Waals surface area contributed by atoms with Crippen molar-refractivity contribution < 1.29 is 9.13 Å². The van der Waals surface area contributed by atoms with Crippen LogP contribution in [-0.2, 0) is 0 Å². The average Bonchev–Trinajstić information content (AvgIpc) is 2.34. The van der Waals surface area contributed by atoms with Crippen molar-refractivity contribution in [3.05, 3.63) is 59.4 Å². The summed E-state index contributed by atoms with van der Waals surface area (Å²) < 4.78 is 18.7. The minimum absolute atomic E-state index is 0.244. The van der Waals surface area contributed by atoms with Gasteiger partial charge in [0.25, 0.3) is 0 Å². The molecule has 0 aliphatic heterocycles. The number of hydrogen-bond donors (Lipinski definition) is 1. The molecule has 0 aromatic heterocycles. The molecule has 92 valence electrons. The summed E-state index contributed by atoms with van der Waals surface area (Å²) in [6, 6.07) is 11.7. The van der Waals surface area contributed by atoms with Crippen molar-refractivity contribution in [3.8, 4) is 11.5 Å². The molecule has 0 aliphatic carbocycles. The van der Waals surface area contributed by atoms with E-state index in [1.54, 1.807) is 43.3 Å². The van der Waals surface area contributed by atoms with Gasteiger partial charge in [0, 0.05) is 5.56 Å². The van der Waals surface area contributed by atoms with Gasteiger partial charge in [-0.3, -0.25) is 0 Å². The van der Waals surface area contributed by atoms with E-state index in [0.717, 1.165) is 5.56 Å². The number of hydrogen-bond acceptors (Lipinski definition) is 2. The topological polar surface area (TPSA) is 35.2 Å². The molecule has 2 N–H and O–H groups in total. The molecule has 18 heavy (non-hydrogen) atoms. The van der Waals surface area contributed by atoms with E-state index in [-0.39, 0.29) is 5.82 Å². The Kier molecular flexibility index (Phi) is 3.58. The van der Waals surface area contributed by atoms with Gasteiger partial charge in [-0.25, -0.2) is 4.39 Å². The van der Waals surface area contributed by atoms with Gasteiger partial charge in [-0.1, -0.05) is 12.2 Å². The predicted molar refractivity (Wildman–Crippen MR) is 73.5 cm³/mol. The number of halogens is 1. The second-order valence-corrected chi connectivity index (χ2v) is 4.34. The lowest BCUT2D eigenvalue weighted by molar-refractivity contribution is 0.479. The van der Waals surface area contributed by atoms with E-state index in [1.807, 2.05) is 0 Å². The molecule has 2 aromatic carbocycles. The van der Waals surface area contributed by atoms with Crippen LogP contribution in [-0.4, -0.2) is 4.99 Å². The first-order valence-corrected chi connectivity index (χ1v) is 5.81. The van der Waals surface area contributed by atoms with Crippen LogP contribution in [0.15, 0.2) is 42.5 Å². The molecule has 2 rings (SSSR count). The lowest BCUT2D eigenvalue weighted by Crippen LogP contribution is -2.08. The fourth-order valence-corrected chi connectivity index (χ4v) is 1.64. The second kappa shape index (κ2) is 5.14. The maximum absolute atomic E-state index is 13.1. The third-order valence-electron chi connectivity index (χ3n) is 2.50. The minimum atomic E-state index is -0.244. The second-order valence-electron chi connectivity index (χ2n) is 3.90. The summed E-state index contributed by atoms with van der Waals surface area (Å²) in [5, 5.41) is 0. The molecule has 4 heteroatoms. The van der Waals surface area contributed by atoms with Crippen LogP contribution in [0.4, 0.5) is 4.39 Å². The summed E-state index contributed by atoms with van der Waals surface area (Å²) in [6.07, 6.45) is 0. The largest absolute Gasteiger partial charge is 0.457 e. The Bertz CT molecular complexity index is 581. The summed E-state index contributed by atoms with van der Waals surface area (Å²) in [6.45, 7) is 1.69. The summed E-state index contributed by atoms with van der Waals surface area (Å²) in [7, 11) is 0. The van der Waals surface area contributed by atoms with Crippen LogP contribution >= 0.6 is 12.2 Å². The zero-order valence-corrected chi connectivity index (χ0v) is 10.6. The molecule has 0 amide bonds. The Morgan fingerprint density at radius 2 is 1.72 bits per heavy atom. The van der Waals surface area contributed by atoms with Crippen LogP contribution < -0.4 is 10.5 Å².